The van der Waals surface area contributed by atoms with Gasteiger partial charge in [-0.1, -0.05) is 25.3 Å². The topological polar surface area (TPSA) is 26.0 Å². The largest absolute Gasteiger partial charge is 0.398 e. The number of nitrogen functional groups attached to an aromatic ring is 1. The van der Waals surface area contributed by atoms with Crippen molar-refractivity contribution in [2.75, 3.05) is 5.73 Å². The lowest BCUT2D eigenvalue weighted by atomic mass is 10.0. The van der Waals surface area contributed by atoms with Crippen molar-refractivity contribution in [3.63, 3.8) is 0 Å². The van der Waals surface area contributed by atoms with Crippen LogP contribution in [-0.2, 0) is 0 Å². The Bertz CT molecular complexity index is 291. The van der Waals surface area contributed by atoms with E-state index in [0.717, 1.165) is 22.4 Å². The Balaban J connectivity index is 3.37. The zero-order valence-electron chi connectivity index (χ0n) is 7.30. The second-order valence-corrected chi connectivity index (χ2v) is 2.75. The van der Waals surface area contributed by atoms with Crippen LogP contribution in [0.25, 0.3) is 12.2 Å². The van der Waals surface area contributed by atoms with Crippen LogP contribution in [0.3, 0.4) is 0 Å². The third-order valence-corrected chi connectivity index (χ3v) is 1.91. The molecule has 0 aliphatic carbocycles. The first-order valence-corrected chi connectivity index (χ1v) is 3.84. The van der Waals surface area contributed by atoms with Gasteiger partial charge in [0.1, 0.15) is 0 Å². The lowest BCUT2D eigenvalue weighted by Gasteiger charge is -2.05. The summed E-state index contributed by atoms with van der Waals surface area (Å²) in [6.45, 7) is 9.41. The molecule has 62 valence electrons. The highest BCUT2D eigenvalue weighted by molar-refractivity contribution is 5.69. The minimum absolute atomic E-state index is 0.801. The monoisotopic (exact) mass is 159 g/mol. The summed E-state index contributed by atoms with van der Waals surface area (Å²) in [5.41, 5.74) is 9.73. The van der Waals surface area contributed by atoms with Crippen LogP contribution in [0.1, 0.15) is 16.7 Å². The van der Waals surface area contributed by atoms with Gasteiger partial charge in [-0.3, -0.25) is 0 Å². The summed E-state index contributed by atoms with van der Waals surface area (Å²) >= 11 is 0. The molecule has 12 heavy (non-hydrogen) atoms. The number of benzene rings is 1. The summed E-state index contributed by atoms with van der Waals surface area (Å²) in [6, 6.07) is 3.93. The van der Waals surface area contributed by atoms with Crippen LogP contribution in [0.15, 0.2) is 25.3 Å². The van der Waals surface area contributed by atoms with Crippen LogP contribution in [0.4, 0.5) is 5.69 Å². The maximum atomic E-state index is 5.74. The molecule has 0 bridgehead atoms. The van der Waals surface area contributed by atoms with E-state index in [1.165, 1.54) is 0 Å². The van der Waals surface area contributed by atoms with Crippen molar-refractivity contribution in [3.05, 3.63) is 42.0 Å². The molecule has 0 saturated heterocycles. The molecular formula is C11H13N. The first-order chi connectivity index (χ1) is 5.69. The molecular weight excluding hydrogens is 146 g/mol. The number of aryl methyl sites for hydroxylation is 1. The van der Waals surface area contributed by atoms with E-state index in [9.17, 15) is 0 Å². The fourth-order valence-corrected chi connectivity index (χ4v) is 1.12. The van der Waals surface area contributed by atoms with Gasteiger partial charge in [-0.15, -0.1) is 0 Å². The zero-order chi connectivity index (χ0) is 9.14. The van der Waals surface area contributed by atoms with Crippen molar-refractivity contribution in [2.45, 2.75) is 6.92 Å². The van der Waals surface area contributed by atoms with Gasteiger partial charge in [0.2, 0.25) is 0 Å². The summed E-state index contributed by atoms with van der Waals surface area (Å²) in [7, 11) is 0. The van der Waals surface area contributed by atoms with Gasteiger partial charge in [0.25, 0.3) is 0 Å². The van der Waals surface area contributed by atoms with Gasteiger partial charge in [-0.05, 0) is 35.7 Å². The van der Waals surface area contributed by atoms with Gasteiger partial charge in [0.15, 0.2) is 0 Å². The molecule has 1 aromatic rings. The lowest BCUT2D eigenvalue weighted by Crippen LogP contribution is -1.92. The number of nitrogens with two attached hydrogens (primary N) is 1. The molecule has 0 heterocycles. The molecule has 1 heteroatoms. The molecule has 2 N–H and O–H groups in total. The van der Waals surface area contributed by atoms with E-state index in [-0.39, 0.29) is 0 Å². The van der Waals surface area contributed by atoms with Crippen molar-refractivity contribution in [3.8, 4) is 0 Å². The van der Waals surface area contributed by atoms with E-state index in [0.29, 0.717) is 0 Å². The normalized spacial score (nSPS) is 9.42. The Kier molecular flexibility index (Phi) is 2.34. The fraction of sp³-hybridized carbons (Fsp3) is 0.0909. The standard InChI is InChI=1S/C11H13N/c1-4-9-6-8(3)11(12)7-10(9)5-2/h4-7H,1-2,12H2,3H3. The molecule has 0 amide bonds. The van der Waals surface area contributed by atoms with Crippen LogP contribution in [0, 0.1) is 6.92 Å². The van der Waals surface area contributed by atoms with Crippen molar-refractivity contribution < 1.29 is 0 Å². The quantitative estimate of drug-likeness (QED) is 0.660. The first kappa shape index (κ1) is 8.60. The maximum Gasteiger partial charge on any atom is 0.0350 e. The van der Waals surface area contributed by atoms with E-state index in [4.69, 9.17) is 5.73 Å². The maximum absolute atomic E-state index is 5.74. The Labute approximate surface area is 73.2 Å². The van der Waals surface area contributed by atoms with Crippen LogP contribution in [-0.4, -0.2) is 0 Å². The number of hydrogen-bond donors (Lipinski definition) is 1. The summed E-state index contributed by atoms with van der Waals surface area (Å²) in [5.74, 6) is 0. The highest BCUT2D eigenvalue weighted by Crippen LogP contribution is 2.19. The molecule has 0 unspecified atom stereocenters. The number of rotatable bonds is 2. The Morgan fingerprint density at radius 3 is 2.17 bits per heavy atom. The number of hydrogen-bond acceptors (Lipinski definition) is 1. The van der Waals surface area contributed by atoms with Crippen LogP contribution >= 0.6 is 0 Å². The fourth-order valence-electron chi connectivity index (χ4n) is 1.12. The minimum atomic E-state index is 0.801. The summed E-state index contributed by atoms with van der Waals surface area (Å²) in [4.78, 5) is 0. The number of anilines is 1. The molecule has 0 fully saturated rings. The Morgan fingerprint density at radius 2 is 1.67 bits per heavy atom. The van der Waals surface area contributed by atoms with Crippen molar-refractivity contribution >= 4 is 17.8 Å². The van der Waals surface area contributed by atoms with E-state index in [2.05, 4.69) is 13.2 Å². The van der Waals surface area contributed by atoms with E-state index >= 15 is 0 Å². The molecule has 0 aliphatic heterocycles. The molecule has 0 aliphatic rings. The zero-order valence-corrected chi connectivity index (χ0v) is 7.30. The van der Waals surface area contributed by atoms with Crippen molar-refractivity contribution in [1.29, 1.82) is 0 Å². The van der Waals surface area contributed by atoms with E-state index in [1.807, 2.05) is 25.1 Å². The van der Waals surface area contributed by atoms with Crippen molar-refractivity contribution in [1.82, 2.24) is 0 Å². The summed E-state index contributed by atoms with van der Waals surface area (Å²) < 4.78 is 0. The smallest absolute Gasteiger partial charge is 0.0350 e. The third-order valence-electron chi connectivity index (χ3n) is 1.91. The highest BCUT2D eigenvalue weighted by atomic mass is 14.6. The van der Waals surface area contributed by atoms with Crippen LogP contribution in [0.5, 0.6) is 0 Å². The molecule has 0 spiro atoms. The average Bonchev–Trinajstić information content (AvgIpc) is 2.09. The second-order valence-electron chi connectivity index (χ2n) is 2.75. The molecule has 0 aromatic heterocycles. The van der Waals surface area contributed by atoms with Gasteiger partial charge in [-0.25, -0.2) is 0 Å². The lowest BCUT2D eigenvalue weighted by molar-refractivity contribution is 1.45. The second kappa shape index (κ2) is 3.26. The van der Waals surface area contributed by atoms with Crippen molar-refractivity contribution in [2.24, 2.45) is 0 Å². The molecule has 0 radical (unpaired) electrons. The van der Waals surface area contributed by atoms with Gasteiger partial charge >= 0.3 is 0 Å². The van der Waals surface area contributed by atoms with Crippen LogP contribution < -0.4 is 5.73 Å². The first-order valence-electron chi connectivity index (χ1n) is 3.84. The van der Waals surface area contributed by atoms with E-state index in [1.54, 1.807) is 6.08 Å². The van der Waals surface area contributed by atoms with Gasteiger partial charge in [0, 0.05) is 5.69 Å². The average molecular weight is 159 g/mol. The van der Waals surface area contributed by atoms with Gasteiger partial charge < -0.3 is 5.73 Å². The van der Waals surface area contributed by atoms with E-state index < -0.39 is 0 Å². The van der Waals surface area contributed by atoms with Crippen LogP contribution in [0.2, 0.25) is 0 Å². The molecule has 1 nitrogen and oxygen atoms in total. The molecule has 1 aromatic carbocycles. The van der Waals surface area contributed by atoms with Gasteiger partial charge in [-0.2, -0.15) is 0 Å². The predicted octanol–water partition coefficient (Wildman–Crippen LogP) is 2.86. The highest BCUT2D eigenvalue weighted by Gasteiger charge is 1.99. The molecule has 0 saturated carbocycles. The summed E-state index contributed by atoms with van der Waals surface area (Å²) in [5, 5.41) is 0. The molecule has 1 rings (SSSR count). The minimum Gasteiger partial charge on any atom is -0.398 e. The summed E-state index contributed by atoms with van der Waals surface area (Å²) in [6.07, 6.45) is 3.59. The Hall–Kier alpha value is -1.50. The SMILES string of the molecule is C=Cc1cc(C)c(N)cc1C=C. The van der Waals surface area contributed by atoms with Gasteiger partial charge in [0.05, 0.1) is 0 Å². The predicted molar refractivity (Wildman–Crippen MR) is 55.8 cm³/mol. The molecule has 0 atom stereocenters. The third kappa shape index (κ3) is 1.40. The Morgan fingerprint density at radius 1 is 1.17 bits per heavy atom.